The molecule has 6 nitrogen and oxygen atoms in total. The summed E-state index contributed by atoms with van der Waals surface area (Å²) in [6, 6.07) is 11.4. The average Bonchev–Trinajstić information content (AvgIpc) is 3.33. The molecule has 1 N–H and O–H groups in total. The second kappa shape index (κ2) is 8.23. The minimum absolute atomic E-state index is 0.108. The maximum absolute atomic E-state index is 12.6. The Kier molecular flexibility index (Phi) is 5.78. The van der Waals surface area contributed by atoms with E-state index in [1.165, 1.54) is 18.0 Å². The molecular formula is C19H21N3O3S. The number of hydrogen-bond donors (Lipinski definition) is 1. The SMILES string of the molecule is CC[C@H](C)c1ccccc1NC(=O)[C@H](C)Sc1nnc(-c2ccco2)o1. The highest BCUT2D eigenvalue weighted by Crippen LogP contribution is 2.29. The summed E-state index contributed by atoms with van der Waals surface area (Å²) in [5.41, 5.74) is 1.99. The zero-order chi connectivity index (χ0) is 18.5. The molecule has 0 radical (unpaired) electrons. The lowest BCUT2D eigenvalue weighted by Gasteiger charge is -2.17. The van der Waals surface area contributed by atoms with Crippen molar-refractivity contribution >= 4 is 23.4 Å². The lowest BCUT2D eigenvalue weighted by molar-refractivity contribution is -0.115. The molecule has 1 aromatic carbocycles. The van der Waals surface area contributed by atoms with Gasteiger partial charge in [-0.05, 0) is 43.0 Å². The number of anilines is 1. The third-order valence-corrected chi connectivity index (χ3v) is 5.08. The van der Waals surface area contributed by atoms with Crippen LogP contribution in [0.25, 0.3) is 11.7 Å². The summed E-state index contributed by atoms with van der Waals surface area (Å²) in [6.45, 7) is 6.09. The van der Waals surface area contributed by atoms with E-state index in [0.717, 1.165) is 17.7 Å². The zero-order valence-electron chi connectivity index (χ0n) is 14.9. The number of nitrogens with one attached hydrogen (secondary N) is 1. The Labute approximate surface area is 156 Å². The zero-order valence-corrected chi connectivity index (χ0v) is 15.7. The second-order valence-corrected chi connectivity index (χ2v) is 7.29. The van der Waals surface area contributed by atoms with Crippen LogP contribution < -0.4 is 5.32 Å². The normalized spacial score (nSPS) is 13.3. The maximum atomic E-state index is 12.6. The van der Waals surface area contributed by atoms with Gasteiger partial charge in [0.05, 0.1) is 11.5 Å². The van der Waals surface area contributed by atoms with Crippen molar-refractivity contribution in [1.82, 2.24) is 10.2 Å². The molecule has 0 unspecified atom stereocenters. The molecule has 2 heterocycles. The Bertz CT molecular complexity index is 861. The highest BCUT2D eigenvalue weighted by atomic mass is 32.2. The quantitative estimate of drug-likeness (QED) is 0.591. The first-order chi connectivity index (χ1) is 12.6. The first-order valence-corrected chi connectivity index (χ1v) is 9.40. The fourth-order valence-electron chi connectivity index (χ4n) is 2.46. The molecule has 0 spiro atoms. The molecular weight excluding hydrogens is 350 g/mol. The summed E-state index contributed by atoms with van der Waals surface area (Å²) < 4.78 is 10.8. The Morgan fingerprint density at radius 3 is 2.73 bits per heavy atom. The first kappa shape index (κ1) is 18.3. The van der Waals surface area contributed by atoms with Crippen molar-refractivity contribution in [1.29, 1.82) is 0 Å². The monoisotopic (exact) mass is 371 g/mol. The number of carbonyl (C=O) groups is 1. The largest absolute Gasteiger partial charge is 0.459 e. The predicted molar refractivity (Wildman–Crippen MR) is 101 cm³/mol. The topological polar surface area (TPSA) is 81.2 Å². The Balaban J connectivity index is 1.66. The van der Waals surface area contributed by atoms with E-state index in [4.69, 9.17) is 8.83 Å². The average molecular weight is 371 g/mol. The van der Waals surface area contributed by atoms with Gasteiger partial charge in [-0.1, -0.05) is 43.8 Å². The van der Waals surface area contributed by atoms with Crippen molar-refractivity contribution in [2.75, 3.05) is 5.32 Å². The molecule has 0 aliphatic rings. The summed E-state index contributed by atoms with van der Waals surface area (Å²) in [4.78, 5) is 12.6. The molecule has 3 aromatic rings. The molecule has 136 valence electrons. The van der Waals surface area contributed by atoms with Gasteiger partial charge >= 0.3 is 0 Å². The molecule has 2 aromatic heterocycles. The van der Waals surface area contributed by atoms with Gasteiger partial charge in [-0.3, -0.25) is 4.79 Å². The number of rotatable bonds is 7. The lowest BCUT2D eigenvalue weighted by atomic mass is 9.97. The highest BCUT2D eigenvalue weighted by molar-refractivity contribution is 8.00. The van der Waals surface area contributed by atoms with Gasteiger partial charge in [-0.15, -0.1) is 10.2 Å². The fraction of sp³-hybridized carbons (Fsp3) is 0.316. The van der Waals surface area contributed by atoms with Crippen LogP contribution in [0.1, 0.15) is 38.7 Å². The van der Waals surface area contributed by atoms with E-state index in [9.17, 15) is 4.79 Å². The van der Waals surface area contributed by atoms with Crippen LogP contribution in [-0.4, -0.2) is 21.4 Å². The van der Waals surface area contributed by atoms with Crippen molar-refractivity contribution in [3.05, 3.63) is 48.2 Å². The molecule has 7 heteroatoms. The van der Waals surface area contributed by atoms with Crippen molar-refractivity contribution in [2.45, 2.75) is 43.6 Å². The molecule has 0 bridgehead atoms. The van der Waals surface area contributed by atoms with Crippen LogP contribution in [0.5, 0.6) is 0 Å². The van der Waals surface area contributed by atoms with Gasteiger partial charge in [0.1, 0.15) is 0 Å². The molecule has 0 aliphatic heterocycles. The molecule has 26 heavy (non-hydrogen) atoms. The van der Waals surface area contributed by atoms with Crippen LogP contribution >= 0.6 is 11.8 Å². The molecule has 0 saturated carbocycles. The van der Waals surface area contributed by atoms with Gasteiger partial charge in [0.2, 0.25) is 5.91 Å². The first-order valence-electron chi connectivity index (χ1n) is 8.52. The van der Waals surface area contributed by atoms with E-state index in [2.05, 4.69) is 35.4 Å². The van der Waals surface area contributed by atoms with Gasteiger partial charge in [-0.25, -0.2) is 0 Å². The van der Waals surface area contributed by atoms with E-state index in [0.29, 0.717) is 22.8 Å². The minimum atomic E-state index is -0.384. The van der Waals surface area contributed by atoms with Gasteiger partial charge < -0.3 is 14.2 Å². The summed E-state index contributed by atoms with van der Waals surface area (Å²) >= 11 is 1.22. The van der Waals surface area contributed by atoms with Crippen LogP contribution in [0, 0.1) is 0 Å². The van der Waals surface area contributed by atoms with Crippen molar-refractivity contribution in [2.24, 2.45) is 0 Å². The number of furan rings is 1. The molecule has 3 rings (SSSR count). The standard InChI is InChI=1S/C19H21N3O3S/c1-4-12(2)14-8-5-6-9-15(14)20-17(23)13(3)26-19-22-21-18(25-19)16-10-7-11-24-16/h5-13H,4H2,1-3H3,(H,20,23)/t12-,13-/m0/s1. The number of aromatic nitrogens is 2. The van der Waals surface area contributed by atoms with Crippen molar-refractivity contribution in [3.8, 4) is 11.7 Å². The molecule has 0 aliphatic carbocycles. The van der Waals surface area contributed by atoms with E-state index >= 15 is 0 Å². The predicted octanol–water partition coefficient (Wildman–Crippen LogP) is 4.96. The van der Waals surface area contributed by atoms with Crippen LogP contribution in [0.4, 0.5) is 5.69 Å². The number of nitrogens with zero attached hydrogens (tertiary/aromatic N) is 2. The lowest BCUT2D eigenvalue weighted by Crippen LogP contribution is -2.23. The number of para-hydroxylation sites is 1. The third-order valence-electron chi connectivity index (χ3n) is 4.15. The summed E-state index contributed by atoms with van der Waals surface area (Å²) in [5.74, 6) is 1.07. The van der Waals surface area contributed by atoms with Gasteiger partial charge in [0, 0.05) is 5.69 Å². The second-order valence-electron chi connectivity index (χ2n) is 6.00. The van der Waals surface area contributed by atoms with Crippen molar-refractivity contribution in [3.63, 3.8) is 0 Å². The number of thioether (sulfide) groups is 1. The van der Waals surface area contributed by atoms with Gasteiger partial charge in [-0.2, -0.15) is 0 Å². The van der Waals surface area contributed by atoms with Gasteiger partial charge in [0.15, 0.2) is 5.76 Å². The van der Waals surface area contributed by atoms with Gasteiger partial charge in [0.25, 0.3) is 11.1 Å². The number of hydrogen-bond acceptors (Lipinski definition) is 6. The summed E-state index contributed by atoms with van der Waals surface area (Å²) in [6.07, 6.45) is 2.55. The van der Waals surface area contributed by atoms with E-state index in [-0.39, 0.29) is 11.2 Å². The van der Waals surface area contributed by atoms with E-state index < -0.39 is 0 Å². The number of benzene rings is 1. The minimum Gasteiger partial charge on any atom is -0.459 e. The smallest absolute Gasteiger partial charge is 0.284 e. The van der Waals surface area contributed by atoms with Crippen LogP contribution in [-0.2, 0) is 4.79 Å². The Morgan fingerprint density at radius 2 is 2.00 bits per heavy atom. The molecule has 0 fully saturated rings. The summed E-state index contributed by atoms with van der Waals surface area (Å²) in [5, 5.41) is 10.9. The Morgan fingerprint density at radius 1 is 1.19 bits per heavy atom. The number of carbonyl (C=O) groups excluding carboxylic acids is 1. The van der Waals surface area contributed by atoms with E-state index in [1.54, 1.807) is 12.1 Å². The number of amides is 1. The summed E-state index contributed by atoms with van der Waals surface area (Å²) in [7, 11) is 0. The maximum Gasteiger partial charge on any atom is 0.284 e. The third kappa shape index (κ3) is 4.16. The van der Waals surface area contributed by atoms with Crippen LogP contribution in [0.2, 0.25) is 0 Å². The fourth-order valence-corrected chi connectivity index (χ4v) is 3.14. The highest BCUT2D eigenvalue weighted by Gasteiger charge is 2.20. The van der Waals surface area contributed by atoms with Crippen molar-refractivity contribution < 1.29 is 13.6 Å². The molecule has 0 saturated heterocycles. The van der Waals surface area contributed by atoms with Crippen LogP contribution in [0.15, 0.2) is 56.7 Å². The molecule has 2 atom stereocenters. The Hall–Kier alpha value is -2.54. The molecule has 1 amide bonds. The van der Waals surface area contributed by atoms with Crippen LogP contribution in [0.3, 0.4) is 0 Å². The van der Waals surface area contributed by atoms with E-state index in [1.807, 2.05) is 25.1 Å².